The normalized spacial score (nSPS) is 18.5. The van der Waals surface area contributed by atoms with Gasteiger partial charge in [-0.15, -0.1) is 0 Å². The number of carbonyl (C=O) groups excluding carboxylic acids is 4. The zero-order chi connectivity index (χ0) is 27.7. The Morgan fingerprint density at radius 2 is 1.71 bits per heavy atom. The van der Waals surface area contributed by atoms with Crippen molar-refractivity contribution in [3.8, 4) is 0 Å². The van der Waals surface area contributed by atoms with E-state index < -0.39 is 17.4 Å². The Kier molecular flexibility index (Phi) is 10.7. The van der Waals surface area contributed by atoms with Crippen LogP contribution in [0.25, 0.3) is 0 Å². The molecule has 2 atom stereocenters. The molecule has 1 heterocycles. The van der Waals surface area contributed by atoms with Crippen LogP contribution < -0.4 is 10.6 Å². The third kappa shape index (κ3) is 8.82. The van der Waals surface area contributed by atoms with Gasteiger partial charge in [0.1, 0.15) is 6.04 Å². The van der Waals surface area contributed by atoms with Gasteiger partial charge in [0.25, 0.3) is 0 Å². The summed E-state index contributed by atoms with van der Waals surface area (Å²) < 4.78 is 0. The summed E-state index contributed by atoms with van der Waals surface area (Å²) in [6.07, 6.45) is 6.85. The van der Waals surface area contributed by atoms with E-state index in [0.717, 1.165) is 31.2 Å². The van der Waals surface area contributed by atoms with Gasteiger partial charge in [0, 0.05) is 19.1 Å². The van der Waals surface area contributed by atoms with Crippen molar-refractivity contribution in [2.45, 2.75) is 84.2 Å². The van der Waals surface area contributed by atoms with E-state index in [-0.39, 0.29) is 30.3 Å². The molecule has 2 fully saturated rings. The molecule has 0 aromatic heterocycles. The average Bonchev–Trinajstić information content (AvgIpc) is 3.39. The molecule has 0 bridgehead atoms. The van der Waals surface area contributed by atoms with Crippen LogP contribution in [-0.4, -0.2) is 71.0 Å². The van der Waals surface area contributed by atoms with Crippen LogP contribution in [0.4, 0.5) is 0 Å². The first kappa shape index (κ1) is 29.6. The predicted octanol–water partition coefficient (Wildman–Crippen LogP) is 2.91. The number of hydrogen-bond donors (Lipinski definition) is 3. The first-order chi connectivity index (χ1) is 18.1. The fourth-order valence-corrected chi connectivity index (χ4v) is 5.58. The number of rotatable bonds is 11. The molecule has 0 unspecified atom stereocenters. The average molecular weight is 529 g/mol. The van der Waals surface area contributed by atoms with Crippen molar-refractivity contribution in [2.24, 2.45) is 17.3 Å². The number of nitrogens with one attached hydrogen (secondary N) is 2. The first-order valence-corrected chi connectivity index (χ1v) is 13.9. The van der Waals surface area contributed by atoms with Gasteiger partial charge < -0.3 is 15.5 Å². The zero-order valence-corrected chi connectivity index (χ0v) is 23.0. The highest BCUT2D eigenvalue weighted by molar-refractivity contribution is 5.89. The van der Waals surface area contributed by atoms with Crippen LogP contribution in [-0.2, 0) is 25.6 Å². The quantitative estimate of drug-likeness (QED) is 0.232. The number of hydroxylamine groups is 2. The standard InChI is InChI=1S/C29H44N4O5/c1-29(2,3)26(31-27(36)23(19-33(38)20-34)17-21-11-7-8-12-21)28(37)32-15-13-24(14-16-32)30-25(35)18-22-9-5-4-6-10-22/h4-6,9-10,20-21,23-24,26,38H,7-8,11-19H2,1-3H3,(H,30,35)(H,31,36)/t23-,26-/m1/s1. The molecule has 3 rings (SSSR count). The maximum absolute atomic E-state index is 13.6. The predicted molar refractivity (Wildman–Crippen MR) is 144 cm³/mol. The van der Waals surface area contributed by atoms with Gasteiger partial charge in [0.05, 0.1) is 18.9 Å². The SMILES string of the molecule is CC(C)(C)[C@H](NC(=O)[C@H](CC1CCCC1)CN(O)C=O)C(=O)N1CCC(NC(=O)Cc2ccccc2)CC1. The van der Waals surface area contributed by atoms with Crippen LogP contribution in [0.1, 0.15) is 71.3 Å². The summed E-state index contributed by atoms with van der Waals surface area (Å²) in [7, 11) is 0. The highest BCUT2D eigenvalue weighted by Crippen LogP contribution is 2.31. The van der Waals surface area contributed by atoms with Crippen LogP contribution in [0, 0.1) is 17.3 Å². The summed E-state index contributed by atoms with van der Waals surface area (Å²) in [4.78, 5) is 52.2. The van der Waals surface area contributed by atoms with E-state index in [1.54, 1.807) is 4.90 Å². The minimum Gasteiger partial charge on any atom is -0.353 e. The third-order valence-corrected chi connectivity index (χ3v) is 7.77. The summed E-state index contributed by atoms with van der Waals surface area (Å²) >= 11 is 0. The van der Waals surface area contributed by atoms with E-state index >= 15 is 0 Å². The Morgan fingerprint density at radius 1 is 1.08 bits per heavy atom. The van der Waals surface area contributed by atoms with E-state index in [2.05, 4.69) is 10.6 Å². The van der Waals surface area contributed by atoms with Gasteiger partial charge in [0.15, 0.2) is 0 Å². The van der Waals surface area contributed by atoms with Crippen molar-refractivity contribution in [1.29, 1.82) is 0 Å². The highest BCUT2D eigenvalue weighted by Gasteiger charge is 2.39. The molecule has 1 saturated carbocycles. The molecule has 3 N–H and O–H groups in total. The highest BCUT2D eigenvalue weighted by atomic mass is 16.5. The lowest BCUT2D eigenvalue weighted by Gasteiger charge is -2.39. The van der Waals surface area contributed by atoms with Crippen molar-refractivity contribution < 1.29 is 24.4 Å². The number of carbonyl (C=O) groups is 4. The van der Waals surface area contributed by atoms with Crippen LogP contribution in [0.3, 0.4) is 0 Å². The molecule has 38 heavy (non-hydrogen) atoms. The Bertz CT molecular complexity index is 934. The van der Waals surface area contributed by atoms with Gasteiger partial charge in [-0.2, -0.15) is 0 Å². The largest absolute Gasteiger partial charge is 0.353 e. The van der Waals surface area contributed by atoms with Gasteiger partial charge in [-0.3, -0.25) is 24.4 Å². The molecule has 2 aliphatic rings. The summed E-state index contributed by atoms with van der Waals surface area (Å²) in [6, 6.07) is 8.87. The molecule has 0 spiro atoms. The molecule has 1 aliphatic heterocycles. The first-order valence-electron chi connectivity index (χ1n) is 13.9. The van der Waals surface area contributed by atoms with Crippen molar-refractivity contribution >= 4 is 24.1 Å². The summed E-state index contributed by atoms with van der Waals surface area (Å²) in [5.74, 6) is -0.686. The fraction of sp³-hybridized carbons (Fsp3) is 0.655. The summed E-state index contributed by atoms with van der Waals surface area (Å²) in [5, 5.41) is 16.4. The Hall–Kier alpha value is -2.94. The van der Waals surface area contributed by atoms with Gasteiger partial charge in [-0.25, -0.2) is 5.06 Å². The van der Waals surface area contributed by atoms with Crippen molar-refractivity contribution in [2.75, 3.05) is 19.6 Å². The molecule has 0 radical (unpaired) electrons. The maximum Gasteiger partial charge on any atom is 0.245 e. The smallest absolute Gasteiger partial charge is 0.245 e. The van der Waals surface area contributed by atoms with E-state index in [4.69, 9.17) is 0 Å². The van der Waals surface area contributed by atoms with Crippen molar-refractivity contribution in [1.82, 2.24) is 20.6 Å². The lowest BCUT2D eigenvalue weighted by Crippen LogP contribution is -2.58. The van der Waals surface area contributed by atoms with Crippen LogP contribution >= 0.6 is 0 Å². The molecule has 1 aliphatic carbocycles. The molecular weight excluding hydrogens is 484 g/mol. The molecule has 9 heteroatoms. The van der Waals surface area contributed by atoms with Gasteiger partial charge in [-0.1, -0.05) is 76.8 Å². The Labute approximate surface area is 226 Å². The zero-order valence-electron chi connectivity index (χ0n) is 23.0. The van der Waals surface area contributed by atoms with E-state index in [1.165, 1.54) is 0 Å². The van der Waals surface area contributed by atoms with E-state index in [9.17, 15) is 24.4 Å². The third-order valence-electron chi connectivity index (χ3n) is 7.77. The molecule has 1 aromatic carbocycles. The van der Waals surface area contributed by atoms with Crippen LogP contribution in [0.5, 0.6) is 0 Å². The lowest BCUT2D eigenvalue weighted by atomic mass is 9.84. The number of amides is 4. The summed E-state index contributed by atoms with van der Waals surface area (Å²) in [5.41, 5.74) is 0.430. The molecule has 9 nitrogen and oxygen atoms in total. The van der Waals surface area contributed by atoms with Gasteiger partial charge in [0.2, 0.25) is 24.1 Å². The second-order valence-corrected chi connectivity index (χ2v) is 11.9. The van der Waals surface area contributed by atoms with Crippen molar-refractivity contribution in [3.05, 3.63) is 35.9 Å². The van der Waals surface area contributed by atoms with Crippen molar-refractivity contribution in [3.63, 3.8) is 0 Å². The number of likely N-dealkylation sites (tertiary alicyclic amines) is 1. The minimum absolute atomic E-state index is 0.00705. The lowest BCUT2D eigenvalue weighted by molar-refractivity contribution is -0.156. The molecule has 210 valence electrons. The van der Waals surface area contributed by atoms with Gasteiger partial charge in [-0.05, 0) is 36.2 Å². The summed E-state index contributed by atoms with van der Waals surface area (Å²) in [6.45, 7) is 6.66. The number of nitrogens with zero attached hydrogens (tertiary/aromatic N) is 2. The van der Waals surface area contributed by atoms with Crippen LogP contribution in [0.15, 0.2) is 30.3 Å². The van der Waals surface area contributed by atoms with E-state index in [1.807, 2.05) is 51.1 Å². The number of benzene rings is 1. The second kappa shape index (κ2) is 13.7. The van der Waals surface area contributed by atoms with Crippen LogP contribution in [0.2, 0.25) is 0 Å². The van der Waals surface area contributed by atoms with E-state index in [0.29, 0.717) is 56.2 Å². The topological polar surface area (TPSA) is 119 Å². The second-order valence-electron chi connectivity index (χ2n) is 11.9. The molecule has 4 amide bonds. The fourth-order valence-electron chi connectivity index (χ4n) is 5.58. The van der Waals surface area contributed by atoms with Gasteiger partial charge >= 0.3 is 0 Å². The monoisotopic (exact) mass is 528 g/mol. The number of piperidine rings is 1. The Morgan fingerprint density at radius 3 is 2.29 bits per heavy atom. The Balaban J connectivity index is 1.57. The number of hydrogen-bond acceptors (Lipinski definition) is 5. The maximum atomic E-state index is 13.6. The molecule has 1 saturated heterocycles. The molecular formula is C29H44N4O5. The minimum atomic E-state index is -0.742. The molecule has 1 aromatic rings.